The second-order valence-corrected chi connectivity index (χ2v) is 3.86. The van der Waals surface area contributed by atoms with Crippen molar-refractivity contribution in [3.63, 3.8) is 0 Å². The minimum Gasteiger partial charge on any atom is -0.396 e. The predicted molar refractivity (Wildman–Crippen MR) is 65.6 cm³/mol. The van der Waals surface area contributed by atoms with Crippen molar-refractivity contribution in [3.8, 4) is 0 Å². The lowest BCUT2D eigenvalue weighted by Gasteiger charge is -2.10. The molecule has 1 aromatic rings. The first kappa shape index (κ1) is 12.7. The first-order chi connectivity index (χ1) is 7.76. The molecule has 0 spiro atoms. The molecular formula is C11H20N4O. The SMILES string of the molecule is CCCNc1nccc(NCC(C)CO)n1. The van der Waals surface area contributed by atoms with Crippen LogP contribution in [-0.4, -0.2) is 34.8 Å². The van der Waals surface area contributed by atoms with Gasteiger partial charge in [-0.1, -0.05) is 13.8 Å². The fourth-order valence-electron chi connectivity index (χ4n) is 1.12. The van der Waals surface area contributed by atoms with Crippen molar-refractivity contribution in [1.82, 2.24) is 9.97 Å². The molecule has 5 nitrogen and oxygen atoms in total. The van der Waals surface area contributed by atoms with E-state index in [0.29, 0.717) is 12.5 Å². The van der Waals surface area contributed by atoms with Gasteiger partial charge in [-0.05, 0) is 18.4 Å². The molecule has 90 valence electrons. The zero-order valence-corrected chi connectivity index (χ0v) is 9.90. The van der Waals surface area contributed by atoms with E-state index < -0.39 is 0 Å². The number of nitrogens with one attached hydrogen (secondary N) is 2. The van der Waals surface area contributed by atoms with Crippen molar-refractivity contribution in [2.45, 2.75) is 20.3 Å². The molecule has 0 aliphatic heterocycles. The quantitative estimate of drug-likeness (QED) is 0.652. The standard InChI is InChI=1S/C11H20N4O/c1-3-5-12-11-13-6-4-10(15-11)14-7-9(2)8-16/h4,6,9,16H,3,5,7-8H2,1-2H3,(H2,12,13,14,15). The van der Waals surface area contributed by atoms with Gasteiger partial charge in [0.2, 0.25) is 5.95 Å². The molecule has 0 bridgehead atoms. The van der Waals surface area contributed by atoms with E-state index in [1.54, 1.807) is 6.20 Å². The van der Waals surface area contributed by atoms with Crippen LogP contribution in [0, 0.1) is 5.92 Å². The van der Waals surface area contributed by atoms with E-state index in [1.165, 1.54) is 0 Å². The highest BCUT2D eigenvalue weighted by atomic mass is 16.3. The summed E-state index contributed by atoms with van der Waals surface area (Å²) in [4.78, 5) is 8.41. The Labute approximate surface area is 96.3 Å². The lowest BCUT2D eigenvalue weighted by atomic mass is 10.2. The van der Waals surface area contributed by atoms with Crippen LogP contribution in [0.2, 0.25) is 0 Å². The van der Waals surface area contributed by atoms with Gasteiger partial charge in [0.1, 0.15) is 5.82 Å². The van der Waals surface area contributed by atoms with Crippen LogP contribution in [0.5, 0.6) is 0 Å². The van der Waals surface area contributed by atoms with Crippen molar-refractivity contribution in [1.29, 1.82) is 0 Å². The van der Waals surface area contributed by atoms with Crippen LogP contribution in [0.15, 0.2) is 12.3 Å². The van der Waals surface area contributed by atoms with E-state index in [-0.39, 0.29) is 12.5 Å². The molecule has 0 saturated carbocycles. The van der Waals surface area contributed by atoms with Gasteiger partial charge in [-0.15, -0.1) is 0 Å². The molecule has 1 rings (SSSR count). The van der Waals surface area contributed by atoms with Crippen molar-refractivity contribution >= 4 is 11.8 Å². The molecular weight excluding hydrogens is 204 g/mol. The van der Waals surface area contributed by atoms with Crippen LogP contribution >= 0.6 is 0 Å². The zero-order chi connectivity index (χ0) is 11.8. The fraction of sp³-hybridized carbons (Fsp3) is 0.636. The van der Waals surface area contributed by atoms with Gasteiger partial charge in [0.05, 0.1) is 0 Å². The summed E-state index contributed by atoms with van der Waals surface area (Å²) in [7, 11) is 0. The molecule has 0 aromatic carbocycles. The number of anilines is 2. The Balaban J connectivity index is 2.46. The molecule has 16 heavy (non-hydrogen) atoms. The minimum absolute atomic E-state index is 0.180. The van der Waals surface area contributed by atoms with Crippen molar-refractivity contribution in [3.05, 3.63) is 12.3 Å². The predicted octanol–water partition coefficient (Wildman–Crippen LogP) is 1.34. The van der Waals surface area contributed by atoms with E-state index >= 15 is 0 Å². The smallest absolute Gasteiger partial charge is 0.224 e. The lowest BCUT2D eigenvalue weighted by Crippen LogP contribution is -2.15. The van der Waals surface area contributed by atoms with Crippen molar-refractivity contribution in [2.75, 3.05) is 30.3 Å². The Morgan fingerprint density at radius 2 is 2.25 bits per heavy atom. The third-order valence-electron chi connectivity index (χ3n) is 2.13. The number of rotatable bonds is 7. The molecule has 0 radical (unpaired) electrons. The number of nitrogens with zero attached hydrogens (tertiary/aromatic N) is 2. The van der Waals surface area contributed by atoms with E-state index in [9.17, 15) is 0 Å². The molecule has 0 aliphatic carbocycles. The number of aromatic nitrogens is 2. The fourth-order valence-corrected chi connectivity index (χ4v) is 1.12. The largest absolute Gasteiger partial charge is 0.396 e. The summed E-state index contributed by atoms with van der Waals surface area (Å²) < 4.78 is 0. The van der Waals surface area contributed by atoms with E-state index in [4.69, 9.17) is 5.11 Å². The summed E-state index contributed by atoms with van der Waals surface area (Å²) in [5, 5.41) is 15.2. The van der Waals surface area contributed by atoms with Crippen LogP contribution in [-0.2, 0) is 0 Å². The summed E-state index contributed by atoms with van der Waals surface area (Å²) in [5.41, 5.74) is 0. The van der Waals surface area contributed by atoms with Gasteiger partial charge in [-0.2, -0.15) is 4.98 Å². The monoisotopic (exact) mass is 224 g/mol. The maximum Gasteiger partial charge on any atom is 0.224 e. The topological polar surface area (TPSA) is 70.1 Å². The molecule has 1 heterocycles. The van der Waals surface area contributed by atoms with E-state index in [1.807, 2.05) is 13.0 Å². The molecule has 1 unspecified atom stereocenters. The Hall–Kier alpha value is -1.36. The third kappa shape index (κ3) is 4.44. The normalized spacial score (nSPS) is 12.2. The van der Waals surface area contributed by atoms with Gasteiger partial charge in [0, 0.05) is 25.9 Å². The maximum absolute atomic E-state index is 8.90. The molecule has 1 atom stereocenters. The van der Waals surface area contributed by atoms with Gasteiger partial charge < -0.3 is 15.7 Å². The van der Waals surface area contributed by atoms with Gasteiger partial charge in [-0.25, -0.2) is 4.98 Å². The number of hydrogen-bond acceptors (Lipinski definition) is 5. The number of aliphatic hydroxyl groups excluding tert-OH is 1. The molecule has 5 heteroatoms. The summed E-state index contributed by atoms with van der Waals surface area (Å²) in [5.74, 6) is 1.65. The molecule has 3 N–H and O–H groups in total. The summed E-state index contributed by atoms with van der Waals surface area (Å²) in [6.07, 6.45) is 2.76. The van der Waals surface area contributed by atoms with Crippen molar-refractivity contribution < 1.29 is 5.11 Å². The average Bonchev–Trinajstić information content (AvgIpc) is 2.34. The van der Waals surface area contributed by atoms with E-state index in [2.05, 4.69) is 27.5 Å². The van der Waals surface area contributed by atoms with Gasteiger partial charge in [0.25, 0.3) is 0 Å². The van der Waals surface area contributed by atoms with Gasteiger partial charge in [-0.3, -0.25) is 0 Å². The van der Waals surface area contributed by atoms with Gasteiger partial charge in [0.15, 0.2) is 0 Å². The Morgan fingerprint density at radius 3 is 2.94 bits per heavy atom. The lowest BCUT2D eigenvalue weighted by molar-refractivity contribution is 0.244. The first-order valence-corrected chi connectivity index (χ1v) is 5.68. The Bertz CT molecular complexity index is 306. The second kappa shape index (κ2) is 7.00. The van der Waals surface area contributed by atoms with Crippen LogP contribution in [0.1, 0.15) is 20.3 Å². The Kier molecular flexibility index (Phi) is 5.56. The molecule has 0 amide bonds. The molecule has 1 aromatic heterocycles. The third-order valence-corrected chi connectivity index (χ3v) is 2.13. The van der Waals surface area contributed by atoms with E-state index in [0.717, 1.165) is 18.8 Å². The Morgan fingerprint density at radius 1 is 1.44 bits per heavy atom. The zero-order valence-electron chi connectivity index (χ0n) is 9.90. The van der Waals surface area contributed by atoms with Crippen LogP contribution in [0.3, 0.4) is 0 Å². The molecule has 0 fully saturated rings. The highest BCUT2D eigenvalue weighted by Crippen LogP contribution is 2.06. The second-order valence-electron chi connectivity index (χ2n) is 3.86. The highest BCUT2D eigenvalue weighted by molar-refractivity contribution is 5.39. The number of aliphatic hydroxyl groups is 1. The molecule has 0 saturated heterocycles. The molecule has 0 aliphatic rings. The summed E-state index contributed by atoms with van der Waals surface area (Å²) in [6.45, 7) is 5.83. The van der Waals surface area contributed by atoms with Crippen molar-refractivity contribution in [2.24, 2.45) is 5.92 Å². The number of hydrogen-bond donors (Lipinski definition) is 3. The van der Waals surface area contributed by atoms with Crippen LogP contribution < -0.4 is 10.6 Å². The highest BCUT2D eigenvalue weighted by Gasteiger charge is 2.01. The van der Waals surface area contributed by atoms with Gasteiger partial charge >= 0.3 is 0 Å². The van der Waals surface area contributed by atoms with Crippen LogP contribution in [0.25, 0.3) is 0 Å². The average molecular weight is 224 g/mol. The first-order valence-electron chi connectivity index (χ1n) is 5.68. The maximum atomic E-state index is 8.90. The summed E-state index contributed by atoms with van der Waals surface area (Å²) in [6, 6.07) is 1.82. The van der Waals surface area contributed by atoms with Crippen LogP contribution in [0.4, 0.5) is 11.8 Å². The summed E-state index contributed by atoms with van der Waals surface area (Å²) >= 11 is 0. The minimum atomic E-state index is 0.180.